The fourth-order valence-electron chi connectivity index (χ4n) is 1.84. The number of benzene rings is 1. The fraction of sp³-hybridized carbons (Fsp3) is 0.286. The lowest BCUT2D eigenvalue weighted by Gasteiger charge is -2.02. The molecule has 1 aromatic carbocycles. The Morgan fingerprint density at radius 1 is 1.39 bits per heavy atom. The van der Waals surface area contributed by atoms with Gasteiger partial charge < -0.3 is 0 Å². The standard InChI is InChI=1S/C14H15IN2O/c1-3-12-8-13(17(2)16-12)9-14(18)10-5-4-6-11(15)7-10/h4-8H,3,9H2,1-2H3. The van der Waals surface area contributed by atoms with Gasteiger partial charge in [0.15, 0.2) is 5.78 Å². The van der Waals surface area contributed by atoms with Crippen molar-refractivity contribution in [1.82, 2.24) is 9.78 Å². The van der Waals surface area contributed by atoms with Crippen LogP contribution < -0.4 is 0 Å². The quantitative estimate of drug-likeness (QED) is 0.625. The van der Waals surface area contributed by atoms with Crippen molar-refractivity contribution in [1.29, 1.82) is 0 Å². The molecule has 0 saturated heterocycles. The van der Waals surface area contributed by atoms with E-state index < -0.39 is 0 Å². The maximum Gasteiger partial charge on any atom is 0.168 e. The fourth-order valence-corrected chi connectivity index (χ4v) is 2.38. The van der Waals surface area contributed by atoms with E-state index in [0.717, 1.165) is 26.9 Å². The summed E-state index contributed by atoms with van der Waals surface area (Å²) in [5.74, 6) is 0.138. The topological polar surface area (TPSA) is 34.9 Å². The zero-order valence-electron chi connectivity index (χ0n) is 10.5. The molecule has 1 aromatic heterocycles. The Morgan fingerprint density at radius 2 is 2.17 bits per heavy atom. The van der Waals surface area contributed by atoms with Gasteiger partial charge in [0.2, 0.25) is 0 Å². The third-order valence-electron chi connectivity index (χ3n) is 2.88. The summed E-state index contributed by atoms with van der Waals surface area (Å²) in [4.78, 5) is 12.2. The van der Waals surface area contributed by atoms with E-state index in [-0.39, 0.29) is 5.78 Å². The van der Waals surface area contributed by atoms with E-state index in [1.807, 2.05) is 37.4 Å². The van der Waals surface area contributed by atoms with Gasteiger partial charge in [0.05, 0.1) is 12.1 Å². The van der Waals surface area contributed by atoms with Crippen molar-refractivity contribution in [3.05, 3.63) is 50.9 Å². The number of ketones is 1. The average Bonchev–Trinajstić information content (AvgIpc) is 2.70. The maximum absolute atomic E-state index is 12.2. The van der Waals surface area contributed by atoms with Gasteiger partial charge >= 0.3 is 0 Å². The number of aromatic nitrogens is 2. The molecule has 2 aromatic rings. The van der Waals surface area contributed by atoms with Crippen molar-refractivity contribution in [2.75, 3.05) is 0 Å². The molecular weight excluding hydrogens is 339 g/mol. The number of carbonyl (C=O) groups is 1. The van der Waals surface area contributed by atoms with Gasteiger partial charge in [-0.25, -0.2) is 0 Å². The summed E-state index contributed by atoms with van der Waals surface area (Å²) in [6, 6.07) is 9.68. The summed E-state index contributed by atoms with van der Waals surface area (Å²) in [6.45, 7) is 2.06. The van der Waals surface area contributed by atoms with Crippen LogP contribution in [0, 0.1) is 3.57 Å². The van der Waals surface area contributed by atoms with Gasteiger partial charge in [-0.05, 0) is 47.2 Å². The first-order chi connectivity index (χ1) is 8.60. The summed E-state index contributed by atoms with van der Waals surface area (Å²) in [5, 5.41) is 4.36. The Balaban J connectivity index is 2.18. The number of hydrogen-bond acceptors (Lipinski definition) is 2. The molecule has 0 aliphatic carbocycles. The number of hydrogen-bond donors (Lipinski definition) is 0. The SMILES string of the molecule is CCc1cc(CC(=O)c2cccc(I)c2)n(C)n1. The minimum atomic E-state index is 0.138. The van der Waals surface area contributed by atoms with Gasteiger partial charge in [-0.15, -0.1) is 0 Å². The van der Waals surface area contributed by atoms with Gasteiger partial charge in [-0.1, -0.05) is 19.1 Å². The Bertz CT molecular complexity index is 575. The van der Waals surface area contributed by atoms with E-state index in [1.54, 1.807) is 4.68 Å². The summed E-state index contributed by atoms with van der Waals surface area (Å²) < 4.78 is 2.88. The predicted octanol–water partition coefficient (Wildman–Crippen LogP) is 3.01. The summed E-state index contributed by atoms with van der Waals surface area (Å²) >= 11 is 2.22. The monoisotopic (exact) mass is 354 g/mol. The van der Waals surface area contributed by atoms with Crippen molar-refractivity contribution in [2.24, 2.45) is 7.05 Å². The van der Waals surface area contributed by atoms with E-state index in [4.69, 9.17) is 0 Å². The highest BCUT2D eigenvalue weighted by atomic mass is 127. The van der Waals surface area contributed by atoms with Crippen LogP contribution in [0.15, 0.2) is 30.3 Å². The van der Waals surface area contributed by atoms with Crippen LogP contribution in [-0.4, -0.2) is 15.6 Å². The molecule has 2 rings (SSSR count). The minimum Gasteiger partial charge on any atom is -0.294 e. The number of carbonyl (C=O) groups excluding carboxylic acids is 1. The molecule has 0 spiro atoms. The minimum absolute atomic E-state index is 0.138. The van der Waals surface area contributed by atoms with Crippen LogP contribution in [0.25, 0.3) is 0 Å². The molecule has 0 fully saturated rings. The Morgan fingerprint density at radius 3 is 2.78 bits per heavy atom. The van der Waals surface area contributed by atoms with E-state index in [2.05, 4.69) is 34.6 Å². The number of nitrogens with zero attached hydrogens (tertiary/aromatic N) is 2. The van der Waals surface area contributed by atoms with Crippen molar-refractivity contribution >= 4 is 28.4 Å². The van der Waals surface area contributed by atoms with Crippen LogP contribution in [0.4, 0.5) is 0 Å². The van der Waals surface area contributed by atoms with Gasteiger partial charge in [0.25, 0.3) is 0 Å². The predicted molar refractivity (Wildman–Crippen MR) is 79.8 cm³/mol. The van der Waals surface area contributed by atoms with Gasteiger partial charge in [0, 0.05) is 21.9 Å². The van der Waals surface area contributed by atoms with Crippen LogP contribution in [0.1, 0.15) is 28.7 Å². The van der Waals surface area contributed by atoms with E-state index in [0.29, 0.717) is 6.42 Å². The lowest BCUT2D eigenvalue weighted by molar-refractivity contribution is 0.0990. The number of halogens is 1. The largest absolute Gasteiger partial charge is 0.294 e. The first-order valence-corrected chi connectivity index (χ1v) is 6.98. The molecular formula is C14H15IN2O. The molecule has 0 N–H and O–H groups in total. The Kier molecular flexibility index (Phi) is 4.16. The molecule has 0 radical (unpaired) electrons. The number of Topliss-reactive ketones (excluding diaryl/α,β-unsaturated/α-hetero) is 1. The second kappa shape index (κ2) is 5.65. The first kappa shape index (κ1) is 13.3. The smallest absolute Gasteiger partial charge is 0.168 e. The summed E-state index contributed by atoms with van der Waals surface area (Å²) in [7, 11) is 1.89. The number of aryl methyl sites for hydroxylation is 2. The molecule has 0 bridgehead atoms. The second-order valence-corrected chi connectivity index (χ2v) is 5.46. The molecule has 0 amide bonds. The van der Waals surface area contributed by atoms with Crippen molar-refractivity contribution in [3.8, 4) is 0 Å². The maximum atomic E-state index is 12.2. The van der Waals surface area contributed by atoms with Crippen LogP contribution in [0.2, 0.25) is 0 Å². The molecule has 1 heterocycles. The third kappa shape index (κ3) is 2.98. The van der Waals surface area contributed by atoms with E-state index >= 15 is 0 Å². The molecule has 0 atom stereocenters. The molecule has 3 nitrogen and oxygen atoms in total. The molecule has 4 heteroatoms. The van der Waals surface area contributed by atoms with Gasteiger partial charge in [-0.3, -0.25) is 9.48 Å². The molecule has 0 aliphatic rings. The summed E-state index contributed by atoms with van der Waals surface area (Å²) in [5.41, 5.74) is 2.76. The van der Waals surface area contributed by atoms with Gasteiger partial charge in [-0.2, -0.15) is 5.10 Å². The molecule has 94 valence electrons. The highest BCUT2D eigenvalue weighted by Crippen LogP contribution is 2.12. The van der Waals surface area contributed by atoms with E-state index in [9.17, 15) is 4.79 Å². The molecule has 0 unspecified atom stereocenters. The highest BCUT2D eigenvalue weighted by molar-refractivity contribution is 14.1. The van der Waals surface area contributed by atoms with Crippen molar-refractivity contribution in [3.63, 3.8) is 0 Å². The zero-order chi connectivity index (χ0) is 13.1. The van der Waals surface area contributed by atoms with Crippen LogP contribution in [0.5, 0.6) is 0 Å². The van der Waals surface area contributed by atoms with E-state index in [1.165, 1.54) is 0 Å². The molecule has 18 heavy (non-hydrogen) atoms. The third-order valence-corrected chi connectivity index (χ3v) is 3.55. The first-order valence-electron chi connectivity index (χ1n) is 5.90. The van der Waals surface area contributed by atoms with Crippen LogP contribution in [0.3, 0.4) is 0 Å². The van der Waals surface area contributed by atoms with Crippen molar-refractivity contribution < 1.29 is 4.79 Å². The lowest BCUT2D eigenvalue weighted by Crippen LogP contribution is -2.08. The van der Waals surface area contributed by atoms with Crippen LogP contribution >= 0.6 is 22.6 Å². The Labute approximate surface area is 120 Å². The van der Waals surface area contributed by atoms with Crippen LogP contribution in [-0.2, 0) is 19.9 Å². The van der Waals surface area contributed by atoms with Crippen molar-refractivity contribution in [2.45, 2.75) is 19.8 Å². The second-order valence-electron chi connectivity index (χ2n) is 4.21. The lowest BCUT2D eigenvalue weighted by atomic mass is 10.1. The molecule has 0 aliphatic heterocycles. The average molecular weight is 354 g/mol. The normalized spacial score (nSPS) is 10.6. The van der Waals surface area contributed by atoms with Gasteiger partial charge in [0.1, 0.15) is 0 Å². The molecule has 0 saturated carbocycles. The Hall–Kier alpha value is -1.17. The zero-order valence-corrected chi connectivity index (χ0v) is 12.6. The highest BCUT2D eigenvalue weighted by Gasteiger charge is 2.11. The summed E-state index contributed by atoms with van der Waals surface area (Å²) in [6.07, 6.45) is 1.30. The number of rotatable bonds is 4.